The lowest BCUT2D eigenvalue weighted by Gasteiger charge is -2.33. The van der Waals surface area contributed by atoms with Crippen LogP contribution in [0.3, 0.4) is 0 Å². The number of rotatable bonds is 6. The molecule has 2 atom stereocenters. The van der Waals surface area contributed by atoms with Crippen molar-refractivity contribution in [3.63, 3.8) is 0 Å². The Morgan fingerprint density at radius 3 is 2.66 bits per heavy atom. The van der Waals surface area contributed by atoms with Gasteiger partial charge < -0.3 is 26.0 Å². The monoisotopic (exact) mass is 522 g/mol. The third kappa shape index (κ3) is 5.38. The molecule has 1 aliphatic carbocycles. The van der Waals surface area contributed by atoms with E-state index in [1.807, 2.05) is 13.8 Å². The molecule has 2 aliphatic heterocycles. The Hall–Kier alpha value is -3.86. The van der Waals surface area contributed by atoms with Crippen LogP contribution in [-0.4, -0.2) is 56.4 Å². The zero-order valence-corrected chi connectivity index (χ0v) is 21.6. The second kappa shape index (κ2) is 10.5. The molecular formula is C27H34N6O5. The summed E-state index contributed by atoms with van der Waals surface area (Å²) in [6, 6.07) is 4.40. The van der Waals surface area contributed by atoms with Crippen LogP contribution in [0, 0.1) is 5.92 Å². The van der Waals surface area contributed by atoms with Crippen molar-refractivity contribution in [3.05, 3.63) is 63.0 Å². The van der Waals surface area contributed by atoms with Gasteiger partial charge in [-0.25, -0.2) is 9.59 Å². The zero-order chi connectivity index (χ0) is 27.0. The van der Waals surface area contributed by atoms with Crippen molar-refractivity contribution in [1.82, 2.24) is 24.7 Å². The normalized spacial score (nSPS) is 21.3. The molecular weight excluding hydrogens is 488 g/mol. The highest BCUT2D eigenvalue weighted by molar-refractivity contribution is 5.96. The lowest BCUT2D eigenvalue weighted by atomic mass is 10.1. The largest absolute Gasteiger partial charge is 0.370 e. The van der Waals surface area contributed by atoms with E-state index >= 15 is 0 Å². The quantitative estimate of drug-likeness (QED) is 0.455. The first-order valence-electron chi connectivity index (χ1n) is 13.2. The summed E-state index contributed by atoms with van der Waals surface area (Å²) in [5.74, 6) is 0.0864. The lowest BCUT2D eigenvalue weighted by Crippen LogP contribution is -2.51. The summed E-state index contributed by atoms with van der Waals surface area (Å²) in [5.41, 5.74) is 0.793. The maximum atomic E-state index is 13.3. The Morgan fingerprint density at radius 2 is 1.97 bits per heavy atom. The molecule has 3 aliphatic rings. The number of benzene rings is 1. The maximum Gasteiger partial charge on any atom is 0.331 e. The Labute approximate surface area is 219 Å². The number of anilines is 1. The molecule has 202 valence electrons. The number of carbonyl (C=O) groups is 2. The first kappa shape index (κ1) is 25.8. The number of dihydropyridines is 1. The molecule has 3 heterocycles. The molecule has 1 saturated carbocycles. The van der Waals surface area contributed by atoms with Gasteiger partial charge in [0.1, 0.15) is 6.23 Å². The third-order valence-electron chi connectivity index (χ3n) is 7.25. The minimum Gasteiger partial charge on any atom is -0.370 e. The first-order chi connectivity index (χ1) is 18.2. The van der Waals surface area contributed by atoms with Crippen LogP contribution in [0.15, 0.2) is 51.7 Å². The number of hydrogen-bond donors (Lipinski definition) is 4. The highest BCUT2D eigenvalue weighted by Gasteiger charge is 2.27. The average molecular weight is 523 g/mol. The fraction of sp³-hybridized carbons (Fsp3) is 0.481. The predicted octanol–water partition coefficient (Wildman–Crippen LogP) is 1.63. The zero-order valence-electron chi connectivity index (χ0n) is 21.6. The fourth-order valence-corrected chi connectivity index (χ4v) is 5.04. The van der Waals surface area contributed by atoms with Crippen molar-refractivity contribution in [1.29, 1.82) is 0 Å². The molecule has 0 spiro atoms. The second-order valence-corrected chi connectivity index (χ2v) is 10.6. The van der Waals surface area contributed by atoms with E-state index in [1.165, 1.54) is 16.8 Å². The van der Waals surface area contributed by atoms with E-state index < -0.39 is 6.23 Å². The highest BCUT2D eigenvalue weighted by atomic mass is 16.3. The molecule has 2 fully saturated rings. The summed E-state index contributed by atoms with van der Waals surface area (Å²) in [7, 11) is 0. The smallest absolute Gasteiger partial charge is 0.331 e. The van der Waals surface area contributed by atoms with Crippen LogP contribution < -0.4 is 27.2 Å². The van der Waals surface area contributed by atoms with Crippen LogP contribution in [0.4, 0.5) is 10.5 Å². The van der Waals surface area contributed by atoms with Crippen molar-refractivity contribution in [2.75, 3.05) is 18.4 Å². The molecule has 0 radical (unpaired) electrons. The van der Waals surface area contributed by atoms with Gasteiger partial charge in [0, 0.05) is 43.6 Å². The second-order valence-electron chi connectivity index (χ2n) is 10.6. The molecule has 38 heavy (non-hydrogen) atoms. The number of aliphatic hydroxyl groups excluding tert-OH is 1. The van der Waals surface area contributed by atoms with Crippen LogP contribution in [-0.2, 0) is 11.3 Å². The molecule has 4 N–H and O–H groups in total. The van der Waals surface area contributed by atoms with Gasteiger partial charge in [0.2, 0.25) is 0 Å². The molecule has 0 bridgehead atoms. The van der Waals surface area contributed by atoms with Gasteiger partial charge in [-0.15, -0.1) is 0 Å². The molecule has 5 rings (SSSR count). The number of aliphatic hydroxyl groups is 1. The molecule has 11 heteroatoms. The molecule has 3 amide bonds. The third-order valence-corrected chi connectivity index (χ3v) is 7.25. The summed E-state index contributed by atoms with van der Waals surface area (Å²) in [4.78, 5) is 53.7. The number of likely N-dealkylation sites (tertiary alicyclic amines) is 1. The number of piperidine rings is 1. The van der Waals surface area contributed by atoms with E-state index in [1.54, 1.807) is 33.7 Å². The van der Waals surface area contributed by atoms with Crippen LogP contribution in [0.1, 0.15) is 45.6 Å². The van der Waals surface area contributed by atoms with E-state index in [-0.39, 0.29) is 35.3 Å². The number of hydrogen-bond acceptors (Lipinski definition) is 6. The molecule has 2 unspecified atom stereocenters. The van der Waals surface area contributed by atoms with Crippen molar-refractivity contribution in [3.8, 4) is 0 Å². The van der Waals surface area contributed by atoms with Gasteiger partial charge >= 0.3 is 11.7 Å². The fourth-order valence-electron chi connectivity index (χ4n) is 5.04. The Kier molecular flexibility index (Phi) is 7.11. The van der Waals surface area contributed by atoms with Gasteiger partial charge in [-0.1, -0.05) is 0 Å². The summed E-state index contributed by atoms with van der Waals surface area (Å²) >= 11 is 0. The maximum absolute atomic E-state index is 13.3. The van der Waals surface area contributed by atoms with Crippen molar-refractivity contribution >= 4 is 28.5 Å². The Morgan fingerprint density at radius 1 is 1.18 bits per heavy atom. The molecule has 1 saturated heterocycles. The van der Waals surface area contributed by atoms with E-state index in [0.29, 0.717) is 47.7 Å². The van der Waals surface area contributed by atoms with Crippen LogP contribution in [0.5, 0.6) is 0 Å². The number of nitrogens with zero attached hydrogens (tertiary/aromatic N) is 3. The van der Waals surface area contributed by atoms with Crippen LogP contribution in [0.2, 0.25) is 0 Å². The number of nitrogens with one attached hydrogen (secondary N) is 3. The van der Waals surface area contributed by atoms with Gasteiger partial charge in [-0.2, -0.15) is 0 Å². The molecule has 11 nitrogen and oxygen atoms in total. The van der Waals surface area contributed by atoms with E-state index in [0.717, 1.165) is 25.7 Å². The van der Waals surface area contributed by atoms with Gasteiger partial charge in [0.25, 0.3) is 11.5 Å². The molecule has 1 aromatic carbocycles. The number of fused-ring (bicyclic) bond motifs is 1. The predicted molar refractivity (Wildman–Crippen MR) is 144 cm³/mol. The standard InChI is InChI=1S/C27H34N6O5/c1-16(2)33-22-9-8-19(12-21(22)25(36)32(27(33)38)14-17-5-6-17)30-26(37)31-11-3-4-20(15-31)29-24(35)18-7-10-23(34)28-13-18/h7-10,12-13,16-17,20,23,28,34H,3-6,11,14-15H2,1-2H3,(H,29,35)(H,30,37). The van der Waals surface area contributed by atoms with E-state index in [9.17, 15) is 24.3 Å². The van der Waals surface area contributed by atoms with Crippen molar-refractivity contribution < 1.29 is 14.7 Å². The number of urea groups is 1. The van der Waals surface area contributed by atoms with Crippen molar-refractivity contribution in [2.45, 2.75) is 64.4 Å². The number of aromatic nitrogens is 2. The van der Waals surface area contributed by atoms with Crippen LogP contribution >= 0.6 is 0 Å². The Balaban J connectivity index is 1.31. The highest BCUT2D eigenvalue weighted by Crippen LogP contribution is 2.30. The minimum atomic E-state index is -0.811. The summed E-state index contributed by atoms with van der Waals surface area (Å²) in [6.45, 7) is 5.13. The van der Waals surface area contributed by atoms with Gasteiger partial charge in [0.15, 0.2) is 0 Å². The lowest BCUT2D eigenvalue weighted by molar-refractivity contribution is -0.118. The van der Waals surface area contributed by atoms with Crippen LogP contribution in [0.25, 0.3) is 10.9 Å². The van der Waals surface area contributed by atoms with Gasteiger partial charge in [-0.3, -0.25) is 18.7 Å². The molecule has 2 aromatic rings. The summed E-state index contributed by atoms with van der Waals surface area (Å²) < 4.78 is 2.96. The molecule has 1 aromatic heterocycles. The van der Waals surface area contributed by atoms with Gasteiger partial charge in [0.05, 0.1) is 16.5 Å². The Bertz CT molecular complexity index is 1430. The average Bonchev–Trinajstić information content (AvgIpc) is 3.71. The number of amides is 3. The first-order valence-corrected chi connectivity index (χ1v) is 13.2. The SMILES string of the molecule is CC(C)n1c(=O)n(CC2CC2)c(=O)c2cc(NC(=O)N3CCCC(NC(=O)C4=CNC(O)C=C4)C3)ccc21. The summed E-state index contributed by atoms with van der Waals surface area (Å²) in [6.07, 6.45) is 7.21. The van der Waals surface area contributed by atoms with Gasteiger partial charge in [-0.05, 0) is 75.8 Å². The van der Waals surface area contributed by atoms with E-state index in [4.69, 9.17) is 0 Å². The minimum absolute atomic E-state index is 0.127. The van der Waals surface area contributed by atoms with Crippen molar-refractivity contribution in [2.24, 2.45) is 5.92 Å². The number of carbonyl (C=O) groups excluding carboxylic acids is 2. The summed E-state index contributed by atoms with van der Waals surface area (Å²) in [5, 5.41) is 18.4. The topological polar surface area (TPSA) is 138 Å². The van der Waals surface area contributed by atoms with E-state index in [2.05, 4.69) is 16.0 Å².